The molecule has 0 saturated heterocycles. The molecule has 0 atom stereocenters. The van der Waals surface area contributed by atoms with Crippen molar-refractivity contribution >= 4 is 21.6 Å². The Morgan fingerprint density at radius 1 is 1.25 bits per heavy atom. The molecule has 0 saturated carbocycles. The molecule has 1 aromatic carbocycles. The van der Waals surface area contributed by atoms with Gasteiger partial charge in [-0.3, -0.25) is 0 Å². The van der Waals surface area contributed by atoms with Gasteiger partial charge in [0.2, 0.25) is 0 Å². The number of anilines is 1. The number of hydrogen-bond donors (Lipinski definition) is 1. The fraction of sp³-hybridized carbons (Fsp3) is 0.0833. The molecule has 1 heterocycles. The van der Waals surface area contributed by atoms with Crippen molar-refractivity contribution in [2.45, 2.75) is 6.54 Å². The minimum absolute atomic E-state index is 0.218. The molecular formula is C12H10BrFN2. The summed E-state index contributed by atoms with van der Waals surface area (Å²) in [5, 5.41) is 3.18. The maximum Gasteiger partial charge on any atom is 0.129 e. The van der Waals surface area contributed by atoms with Crippen LogP contribution in [-0.2, 0) is 6.54 Å². The Balaban J connectivity index is 2.05. The van der Waals surface area contributed by atoms with Crippen LogP contribution in [0.15, 0.2) is 47.2 Å². The maximum absolute atomic E-state index is 12.9. The molecule has 4 heteroatoms. The van der Waals surface area contributed by atoms with E-state index in [1.807, 2.05) is 18.2 Å². The fourth-order valence-electron chi connectivity index (χ4n) is 1.36. The number of aromatic nitrogens is 1. The molecular weight excluding hydrogens is 271 g/mol. The number of nitrogens with one attached hydrogen (secondary N) is 1. The average molecular weight is 281 g/mol. The Hall–Kier alpha value is -1.42. The second kappa shape index (κ2) is 5.07. The van der Waals surface area contributed by atoms with Crippen LogP contribution in [0.2, 0.25) is 0 Å². The highest BCUT2D eigenvalue weighted by Crippen LogP contribution is 2.19. The lowest BCUT2D eigenvalue weighted by atomic mass is 10.2. The van der Waals surface area contributed by atoms with Gasteiger partial charge >= 0.3 is 0 Å². The first-order valence-corrected chi connectivity index (χ1v) is 5.64. The summed E-state index contributed by atoms with van der Waals surface area (Å²) in [5.41, 5.74) is 1.79. The Morgan fingerprint density at radius 3 is 2.88 bits per heavy atom. The smallest absolute Gasteiger partial charge is 0.129 e. The molecule has 82 valence electrons. The Labute approximate surface area is 102 Å². The van der Waals surface area contributed by atoms with Crippen LogP contribution >= 0.6 is 15.9 Å². The third kappa shape index (κ3) is 2.79. The molecule has 2 nitrogen and oxygen atoms in total. The second-order valence-corrected chi connectivity index (χ2v) is 4.08. The Kier molecular flexibility index (Phi) is 3.51. The van der Waals surface area contributed by atoms with E-state index in [1.54, 1.807) is 12.3 Å². The van der Waals surface area contributed by atoms with E-state index in [2.05, 4.69) is 26.2 Å². The highest BCUT2D eigenvalue weighted by Gasteiger charge is 1.99. The van der Waals surface area contributed by atoms with Gasteiger partial charge in [0.1, 0.15) is 10.4 Å². The molecule has 16 heavy (non-hydrogen) atoms. The zero-order valence-corrected chi connectivity index (χ0v) is 10.0. The molecule has 0 aliphatic heterocycles. The molecule has 0 unspecified atom stereocenters. The van der Waals surface area contributed by atoms with Gasteiger partial charge in [-0.15, -0.1) is 0 Å². The number of benzene rings is 1. The molecule has 0 aliphatic carbocycles. The first-order chi connectivity index (χ1) is 7.75. The van der Waals surface area contributed by atoms with Gasteiger partial charge < -0.3 is 5.32 Å². The summed E-state index contributed by atoms with van der Waals surface area (Å²) in [7, 11) is 0. The van der Waals surface area contributed by atoms with Crippen molar-refractivity contribution in [3.05, 3.63) is 58.6 Å². The number of halogens is 2. The zero-order valence-electron chi connectivity index (χ0n) is 8.45. The Morgan fingerprint density at radius 2 is 2.12 bits per heavy atom. The largest absolute Gasteiger partial charge is 0.379 e. The molecule has 1 aromatic heterocycles. The minimum Gasteiger partial charge on any atom is -0.379 e. The summed E-state index contributed by atoms with van der Waals surface area (Å²) in [6.07, 6.45) is 1.71. The molecule has 0 fully saturated rings. The van der Waals surface area contributed by atoms with Crippen molar-refractivity contribution in [1.29, 1.82) is 0 Å². The van der Waals surface area contributed by atoms with E-state index in [9.17, 15) is 4.39 Å². The average Bonchev–Trinajstić information content (AvgIpc) is 2.28. The summed E-state index contributed by atoms with van der Waals surface area (Å²) in [4.78, 5) is 4.09. The summed E-state index contributed by atoms with van der Waals surface area (Å²) in [6.45, 7) is 0.571. The van der Waals surface area contributed by atoms with Crippen molar-refractivity contribution in [3.63, 3.8) is 0 Å². The lowest BCUT2D eigenvalue weighted by molar-refractivity contribution is 0.626. The number of hydrogen-bond acceptors (Lipinski definition) is 2. The van der Waals surface area contributed by atoms with E-state index >= 15 is 0 Å². The Bertz CT molecular complexity index is 488. The van der Waals surface area contributed by atoms with Crippen LogP contribution in [0.4, 0.5) is 10.1 Å². The molecule has 2 aromatic rings. The van der Waals surface area contributed by atoms with Gasteiger partial charge in [0.25, 0.3) is 0 Å². The van der Waals surface area contributed by atoms with Crippen molar-refractivity contribution in [3.8, 4) is 0 Å². The predicted octanol–water partition coefficient (Wildman–Crippen LogP) is 3.60. The van der Waals surface area contributed by atoms with Crippen LogP contribution in [0.5, 0.6) is 0 Å². The van der Waals surface area contributed by atoms with E-state index < -0.39 is 0 Å². The van der Waals surface area contributed by atoms with Crippen molar-refractivity contribution in [2.24, 2.45) is 0 Å². The summed E-state index contributed by atoms with van der Waals surface area (Å²) >= 11 is 3.34. The van der Waals surface area contributed by atoms with Crippen LogP contribution in [0, 0.1) is 5.82 Å². The van der Waals surface area contributed by atoms with Gasteiger partial charge in [-0.1, -0.05) is 12.1 Å². The third-order valence-corrected chi connectivity index (χ3v) is 2.76. The predicted molar refractivity (Wildman–Crippen MR) is 65.7 cm³/mol. The van der Waals surface area contributed by atoms with Gasteiger partial charge in [0, 0.05) is 12.7 Å². The highest BCUT2D eigenvalue weighted by atomic mass is 79.9. The summed E-state index contributed by atoms with van der Waals surface area (Å²) in [6, 6.07) is 10.3. The molecule has 0 spiro atoms. The summed E-state index contributed by atoms with van der Waals surface area (Å²) < 4.78 is 13.7. The van der Waals surface area contributed by atoms with Crippen LogP contribution in [0.1, 0.15) is 5.56 Å². The fourth-order valence-corrected chi connectivity index (χ4v) is 1.75. The SMILES string of the molecule is Fc1cccc(CNc2cccnc2Br)c1. The van der Waals surface area contributed by atoms with E-state index in [4.69, 9.17) is 0 Å². The minimum atomic E-state index is -0.218. The van der Waals surface area contributed by atoms with Gasteiger partial charge in [0.05, 0.1) is 5.69 Å². The second-order valence-electron chi connectivity index (χ2n) is 3.33. The summed E-state index contributed by atoms with van der Waals surface area (Å²) in [5.74, 6) is -0.218. The lowest BCUT2D eigenvalue weighted by Gasteiger charge is -2.07. The maximum atomic E-state index is 12.9. The quantitative estimate of drug-likeness (QED) is 0.869. The van der Waals surface area contributed by atoms with E-state index in [-0.39, 0.29) is 5.82 Å². The van der Waals surface area contributed by atoms with E-state index in [0.29, 0.717) is 6.54 Å². The molecule has 0 aliphatic rings. The van der Waals surface area contributed by atoms with Crippen molar-refractivity contribution in [2.75, 3.05) is 5.32 Å². The van der Waals surface area contributed by atoms with Crippen LogP contribution in [0.25, 0.3) is 0 Å². The van der Waals surface area contributed by atoms with Gasteiger partial charge in [0.15, 0.2) is 0 Å². The number of pyridine rings is 1. The van der Waals surface area contributed by atoms with Gasteiger partial charge in [-0.2, -0.15) is 0 Å². The molecule has 0 bridgehead atoms. The van der Waals surface area contributed by atoms with E-state index in [1.165, 1.54) is 12.1 Å². The van der Waals surface area contributed by atoms with Gasteiger partial charge in [-0.25, -0.2) is 9.37 Å². The topological polar surface area (TPSA) is 24.9 Å². The molecule has 0 amide bonds. The van der Waals surface area contributed by atoms with Crippen molar-refractivity contribution < 1.29 is 4.39 Å². The first kappa shape index (κ1) is 11.1. The standard InChI is InChI=1S/C12H10BrFN2/c13-12-11(5-2-6-15-12)16-8-9-3-1-4-10(14)7-9/h1-7,16H,8H2. The first-order valence-electron chi connectivity index (χ1n) is 4.84. The van der Waals surface area contributed by atoms with E-state index in [0.717, 1.165) is 15.9 Å². The lowest BCUT2D eigenvalue weighted by Crippen LogP contribution is -2.00. The molecule has 0 radical (unpaired) electrons. The molecule has 1 N–H and O–H groups in total. The zero-order chi connectivity index (χ0) is 11.4. The normalized spacial score (nSPS) is 10.1. The third-order valence-electron chi connectivity index (χ3n) is 2.13. The van der Waals surface area contributed by atoms with Crippen molar-refractivity contribution in [1.82, 2.24) is 4.98 Å². The highest BCUT2D eigenvalue weighted by molar-refractivity contribution is 9.10. The van der Waals surface area contributed by atoms with Crippen LogP contribution < -0.4 is 5.32 Å². The van der Waals surface area contributed by atoms with Crippen LogP contribution in [-0.4, -0.2) is 4.98 Å². The number of rotatable bonds is 3. The van der Waals surface area contributed by atoms with Gasteiger partial charge in [-0.05, 0) is 45.8 Å². The van der Waals surface area contributed by atoms with Crippen LogP contribution in [0.3, 0.4) is 0 Å². The monoisotopic (exact) mass is 280 g/mol. The molecule has 2 rings (SSSR count). The number of nitrogens with zero attached hydrogens (tertiary/aromatic N) is 1.